The standard InChI is InChI=1S/C41H52ClN5O7/c1-6-12-31(35(50)38(52)43-30-18-11-15-27(21-30)25(2)48)44-37(51)33-23-41(22-32(46-54-41)28-16-10-17-29(42)20-28)24-47(33)39(53)36(40(3,4)5)45-34(49)19-26-13-8-7-9-14-26/h10-11,15-18,20-22,26,31,33,36,46H,6-9,12-14,19,23-24H2,1-5H3,(H,43,52)(H,44,51)(H,45,49)/t31-,33-,36+,41+/m0/s1. The molecular formula is C41H52ClN5O7. The van der Waals surface area contributed by atoms with Crippen molar-refractivity contribution < 1.29 is 33.6 Å². The van der Waals surface area contributed by atoms with Gasteiger partial charge < -0.3 is 20.9 Å². The maximum atomic E-state index is 14.7. The Balaban J connectivity index is 1.40. The average molecular weight is 762 g/mol. The van der Waals surface area contributed by atoms with E-state index < -0.39 is 52.6 Å². The third-order valence-corrected chi connectivity index (χ3v) is 10.7. The lowest BCUT2D eigenvalue weighted by Crippen LogP contribution is -2.59. The van der Waals surface area contributed by atoms with Gasteiger partial charge in [-0.25, -0.2) is 0 Å². The summed E-state index contributed by atoms with van der Waals surface area (Å²) in [5, 5.41) is 8.85. The highest BCUT2D eigenvalue weighted by Crippen LogP contribution is 2.39. The smallest absolute Gasteiger partial charge is 0.293 e. The molecule has 54 heavy (non-hydrogen) atoms. The van der Waals surface area contributed by atoms with Crippen molar-refractivity contribution in [2.45, 2.75) is 116 Å². The Morgan fingerprint density at radius 2 is 1.72 bits per heavy atom. The summed E-state index contributed by atoms with van der Waals surface area (Å²) in [4.78, 5) is 88.6. The van der Waals surface area contributed by atoms with Gasteiger partial charge in [0.05, 0.1) is 18.3 Å². The number of Topliss-reactive ketones (excluding diaryl/α,β-unsaturated/α-hetero) is 2. The number of nitrogens with zero attached hydrogens (tertiary/aromatic N) is 1. The van der Waals surface area contributed by atoms with E-state index in [1.807, 2.05) is 39.8 Å². The molecule has 2 aliphatic heterocycles. The highest BCUT2D eigenvalue weighted by Gasteiger charge is 2.54. The van der Waals surface area contributed by atoms with Gasteiger partial charge in [-0.1, -0.05) is 89.2 Å². The van der Waals surface area contributed by atoms with E-state index in [4.69, 9.17) is 16.4 Å². The molecule has 2 heterocycles. The molecule has 1 saturated carbocycles. The van der Waals surface area contributed by atoms with Gasteiger partial charge in [-0.3, -0.25) is 39.1 Å². The van der Waals surface area contributed by atoms with Gasteiger partial charge in [-0.2, -0.15) is 0 Å². The Labute approximate surface area is 322 Å². The molecule has 1 spiro atoms. The maximum absolute atomic E-state index is 14.7. The van der Waals surface area contributed by atoms with Gasteiger partial charge in [-0.05, 0) is 67.9 Å². The molecule has 1 aliphatic carbocycles. The molecule has 12 nitrogen and oxygen atoms in total. The van der Waals surface area contributed by atoms with E-state index in [9.17, 15) is 28.8 Å². The molecule has 4 N–H and O–H groups in total. The zero-order valence-corrected chi connectivity index (χ0v) is 32.5. The highest BCUT2D eigenvalue weighted by molar-refractivity contribution is 6.42. The van der Waals surface area contributed by atoms with Crippen LogP contribution < -0.4 is 21.4 Å². The van der Waals surface area contributed by atoms with E-state index in [1.165, 1.54) is 17.9 Å². The summed E-state index contributed by atoms with van der Waals surface area (Å²) in [6.45, 7) is 8.79. The monoisotopic (exact) mass is 761 g/mol. The minimum Gasteiger partial charge on any atom is -0.344 e. The summed E-state index contributed by atoms with van der Waals surface area (Å²) < 4.78 is 0. The highest BCUT2D eigenvalue weighted by atomic mass is 35.5. The third-order valence-electron chi connectivity index (χ3n) is 10.4. The van der Waals surface area contributed by atoms with Crippen LogP contribution in [-0.2, 0) is 28.8 Å². The maximum Gasteiger partial charge on any atom is 0.293 e. The number of carbonyl (C=O) groups excluding carboxylic acids is 6. The van der Waals surface area contributed by atoms with Crippen LogP contribution in [0.4, 0.5) is 5.69 Å². The second-order valence-electron chi connectivity index (χ2n) is 15.9. The van der Waals surface area contributed by atoms with Crippen LogP contribution in [0.1, 0.15) is 108 Å². The Kier molecular flexibility index (Phi) is 13.0. The van der Waals surface area contributed by atoms with Crippen LogP contribution in [-0.4, -0.2) is 70.4 Å². The van der Waals surface area contributed by atoms with Crippen molar-refractivity contribution in [1.82, 2.24) is 21.0 Å². The molecule has 0 bridgehead atoms. The number of halogens is 1. The van der Waals surface area contributed by atoms with Crippen molar-refractivity contribution in [3.63, 3.8) is 0 Å². The van der Waals surface area contributed by atoms with Gasteiger partial charge in [0.15, 0.2) is 5.78 Å². The summed E-state index contributed by atoms with van der Waals surface area (Å²) in [5.74, 6) is -3.04. The topological polar surface area (TPSA) is 163 Å². The Morgan fingerprint density at radius 3 is 2.39 bits per heavy atom. The lowest BCUT2D eigenvalue weighted by atomic mass is 9.84. The number of benzene rings is 2. The summed E-state index contributed by atoms with van der Waals surface area (Å²) in [5.41, 5.74) is 3.11. The number of amides is 4. The SMILES string of the molecule is CCC[C@H](NC(=O)[C@@H]1C[C@]2(C=C(c3cccc(Cl)c3)NO2)CN1C(=O)[C@@H](NC(=O)CC1CCCCC1)C(C)(C)C)C(=O)C(=O)Nc1cccc(C(C)=O)c1. The molecule has 290 valence electrons. The first-order valence-corrected chi connectivity index (χ1v) is 19.3. The fourth-order valence-electron chi connectivity index (χ4n) is 7.50. The van der Waals surface area contributed by atoms with Crippen LogP contribution in [0, 0.1) is 11.3 Å². The van der Waals surface area contributed by atoms with Crippen LogP contribution >= 0.6 is 11.6 Å². The molecule has 3 aliphatic rings. The van der Waals surface area contributed by atoms with Gasteiger partial charge in [0.2, 0.25) is 23.5 Å². The number of hydrogen-bond donors (Lipinski definition) is 4. The zero-order valence-electron chi connectivity index (χ0n) is 31.8. The predicted molar refractivity (Wildman–Crippen MR) is 206 cm³/mol. The fourth-order valence-corrected chi connectivity index (χ4v) is 7.69. The number of rotatable bonds is 13. The Bertz CT molecular complexity index is 1800. The summed E-state index contributed by atoms with van der Waals surface area (Å²) in [6, 6.07) is 10.1. The summed E-state index contributed by atoms with van der Waals surface area (Å²) >= 11 is 6.27. The molecule has 0 aromatic heterocycles. The molecule has 2 fully saturated rings. The van der Waals surface area contributed by atoms with Gasteiger partial charge in [0, 0.05) is 34.7 Å². The lowest BCUT2D eigenvalue weighted by molar-refractivity contribution is -0.145. The van der Waals surface area contributed by atoms with Gasteiger partial charge in [-0.15, -0.1) is 0 Å². The average Bonchev–Trinajstić information content (AvgIpc) is 3.73. The first kappa shape index (κ1) is 40.6. The molecule has 4 amide bonds. The summed E-state index contributed by atoms with van der Waals surface area (Å²) in [7, 11) is 0. The summed E-state index contributed by atoms with van der Waals surface area (Å²) in [6.07, 6.45) is 8.11. The number of anilines is 1. The minimum absolute atomic E-state index is 0.0224. The zero-order chi connectivity index (χ0) is 39.2. The van der Waals surface area contributed by atoms with E-state index in [0.717, 1.165) is 37.7 Å². The quantitative estimate of drug-likeness (QED) is 0.148. The molecule has 5 rings (SSSR count). The van der Waals surface area contributed by atoms with Crippen molar-refractivity contribution in [1.29, 1.82) is 0 Å². The van der Waals surface area contributed by atoms with E-state index in [1.54, 1.807) is 36.4 Å². The number of ketones is 2. The van der Waals surface area contributed by atoms with Crippen molar-refractivity contribution in [2.24, 2.45) is 11.3 Å². The number of hydrogen-bond acceptors (Lipinski definition) is 8. The van der Waals surface area contributed by atoms with Crippen molar-refractivity contribution in [3.05, 3.63) is 70.8 Å². The second kappa shape index (κ2) is 17.3. The lowest BCUT2D eigenvalue weighted by Gasteiger charge is -2.36. The van der Waals surface area contributed by atoms with E-state index in [0.29, 0.717) is 29.1 Å². The molecule has 0 unspecified atom stereocenters. The van der Waals surface area contributed by atoms with Gasteiger partial charge in [0.25, 0.3) is 5.91 Å². The molecule has 2 aromatic rings. The van der Waals surface area contributed by atoms with E-state index in [-0.39, 0.29) is 42.7 Å². The van der Waals surface area contributed by atoms with Gasteiger partial charge >= 0.3 is 0 Å². The molecule has 2 aromatic carbocycles. The molecule has 1 saturated heterocycles. The van der Waals surface area contributed by atoms with Gasteiger partial charge in [0.1, 0.15) is 17.7 Å². The number of carbonyl (C=O) groups is 6. The fraction of sp³-hybridized carbons (Fsp3) is 0.512. The number of hydroxylamine groups is 1. The number of likely N-dealkylation sites (tertiary alicyclic amines) is 1. The van der Waals surface area contributed by atoms with Crippen molar-refractivity contribution in [3.8, 4) is 0 Å². The first-order chi connectivity index (χ1) is 25.6. The molecule has 4 atom stereocenters. The second-order valence-corrected chi connectivity index (χ2v) is 16.3. The molecule has 0 radical (unpaired) electrons. The predicted octanol–water partition coefficient (Wildman–Crippen LogP) is 5.75. The van der Waals surface area contributed by atoms with Crippen LogP contribution in [0.2, 0.25) is 5.02 Å². The van der Waals surface area contributed by atoms with E-state index >= 15 is 0 Å². The molecular weight excluding hydrogens is 710 g/mol. The largest absolute Gasteiger partial charge is 0.344 e. The van der Waals surface area contributed by atoms with Crippen molar-refractivity contribution in [2.75, 3.05) is 11.9 Å². The third kappa shape index (κ3) is 9.95. The van der Waals surface area contributed by atoms with Crippen LogP contribution in [0.15, 0.2) is 54.6 Å². The minimum atomic E-state index is -1.19. The number of nitrogens with one attached hydrogen (secondary N) is 4. The normalized spacial score (nSPS) is 21.1. The Hall–Kier alpha value is -4.55. The Morgan fingerprint density at radius 1 is 1.00 bits per heavy atom. The van der Waals surface area contributed by atoms with Crippen LogP contribution in [0.25, 0.3) is 5.70 Å². The van der Waals surface area contributed by atoms with E-state index in [2.05, 4.69) is 21.4 Å². The van der Waals surface area contributed by atoms with Crippen LogP contribution in [0.5, 0.6) is 0 Å². The van der Waals surface area contributed by atoms with Crippen molar-refractivity contribution >= 4 is 58.2 Å². The molecule has 13 heteroatoms. The first-order valence-electron chi connectivity index (χ1n) is 18.9. The van der Waals surface area contributed by atoms with Crippen LogP contribution in [0.3, 0.4) is 0 Å².